The van der Waals surface area contributed by atoms with E-state index in [4.69, 9.17) is 0 Å². The molecule has 0 saturated carbocycles. The van der Waals surface area contributed by atoms with Crippen molar-refractivity contribution in [2.45, 2.75) is 26.9 Å². The Kier molecular flexibility index (Phi) is 4.75. The fraction of sp³-hybridized carbons (Fsp3) is 0.375. The normalized spacial score (nSPS) is 12.4. The zero-order valence-corrected chi connectivity index (χ0v) is 12.6. The average molecular weight is 287 g/mol. The minimum Gasteiger partial charge on any atom is -0.391 e. The number of imidazole rings is 1. The Bertz CT molecular complexity index is 606. The Morgan fingerprint density at radius 1 is 1.43 bits per heavy atom. The third-order valence-electron chi connectivity index (χ3n) is 3.42. The highest BCUT2D eigenvalue weighted by atomic mass is 16.3. The fourth-order valence-corrected chi connectivity index (χ4v) is 1.99. The van der Waals surface area contributed by atoms with E-state index >= 15 is 0 Å². The number of rotatable bonds is 5. The molecule has 5 nitrogen and oxygen atoms in total. The molecule has 112 valence electrons. The highest BCUT2D eigenvalue weighted by molar-refractivity contribution is 5.98. The minimum atomic E-state index is -0.546. The van der Waals surface area contributed by atoms with E-state index in [1.165, 1.54) is 0 Å². The number of benzene rings is 1. The third-order valence-corrected chi connectivity index (χ3v) is 3.42. The van der Waals surface area contributed by atoms with Gasteiger partial charge < -0.3 is 15.0 Å². The lowest BCUT2D eigenvalue weighted by Gasteiger charge is -2.16. The summed E-state index contributed by atoms with van der Waals surface area (Å²) in [6.07, 6.45) is 4.58. The SMILES string of the molecule is Cc1ccc(-n2ccnc2)c(C(=O)NCC(O)C(C)C)c1. The lowest BCUT2D eigenvalue weighted by Crippen LogP contribution is -2.35. The van der Waals surface area contributed by atoms with Crippen molar-refractivity contribution < 1.29 is 9.90 Å². The molecule has 1 atom stereocenters. The van der Waals surface area contributed by atoms with E-state index in [-0.39, 0.29) is 18.4 Å². The zero-order valence-electron chi connectivity index (χ0n) is 12.6. The second-order valence-corrected chi connectivity index (χ2v) is 5.51. The number of amides is 1. The summed E-state index contributed by atoms with van der Waals surface area (Å²) in [7, 11) is 0. The predicted molar refractivity (Wildman–Crippen MR) is 81.5 cm³/mol. The molecule has 1 aromatic carbocycles. The van der Waals surface area contributed by atoms with Crippen LogP contribution in [0.5, 0.6) is 0 Å². The molecule has 0 fully saturated rings. The number of hydrogen-bond donors (Lipinski definition) is 2. The van der Waals surface area contributed by atoms with Crippen molar-refractivity contribution in [1.29, 1.82) is 0 Å². The van der Waals surface area contributed by atoms with Crippen LogP contribution in [0.1, 0.15) is 29.8 Å². The summed E-state index contributed by atoms with van der Waals surface area (Å²) in [6.45, 7) is 6.02. The van der Waals surface area contributed by atoms with Crippen LogP contribution in [-0.4, -0.2) is 33.2 Å². The van der Waals surface area contributed by atoms with Crippen molar-refractivity contribution in [1.82, 2.24) is 14.9 Å². The van der Waals surface area contributed by atoms with Crippen LogP contribution >= 0.6 is 0 Å². The molecule has 5 heteroatoms. The second-order valence-electron chi connectivity index (χ2n) is 5.51. The van der Waals surface area contributed by atoms with E-state index < -0.39 is 6.10 Å². The lowest BCUT2D eigenvalue weighted by molar-refractivity contribution is 0.0871. The maximum absolute atomic E-state index is 12.4. The molecule has 0 aliphatic rings. The van der Waals surface area contributed by atoms with E-state index in [1.807, 2.05) is 39.0 Å². The van der Waals surface area contributed by atoms with Gasteiger partial charge in [0.25, 0.3) is 5.91 Å². The van der Waals surface area contributed by atoms with Crippen LogP contribution in [0.3, 0.4) is 0 Å². The van der Waals surface area contributed by atoms with Gasteiger partial charge in [0.1, 0.15) is 0 Å². The van der Waals surface area contributed by atoms with Gasteiger partial charge in [0.2, 0.25) is 0 Å². The van der Waals surface area contributed by atoms with Gasteiger partial charge in [-0.3, -0.25) is 4.79 Å². The summed E-state index contributed by atoms with van der Waals surface area (Å²) in [5, 5.41) is 12.6. The molecule has 21 heavy (non-hydrogen) atoms. The van der Waals surface area contributed by atoms with E-state index in [1.54, 1.807) is 23.3 Å². The summed E-state index contributed by atoms with van der Waals surface area (Å²) >= 11 is 0. The summed E-state index contributed by atoms with van der Waals surface area (Å²) in [6, 6.07) is 5.69. The van der Waals surface area contributed by atoms with E-state index in [0.29, 0.717) is 5.56 Å². The standard InChI is InChI=1S/C16H21N3O2/c1-11(2)15(20)9-18-16(21)13-8-12(3)4-5-14(13)19-7-6-17-10-19/h4-8,10-11,15,20H,9H2,1-3H3,(H,18,21). The largest absolute Gasteiger partial charge is 0.391 e. The number of carbonyl (C=O) groups excluding carboxylic acids is 1. The minimum absolute atomic E-state index is 0.107. The summed E-state index contributed by atoms with van der Waals surface area (Å²) in [5.41, 5.74) is 2.35. The molecule has 2 aromatic rings. The van der Waals surface area contributed by atoms with Gasteiger partial charge >= 0.3 is 0 Å². The molecule has 0 aliphatic carbocycles. The molecule has 1 heterocycles. The summed E-state index contributed by atoms with van der Waals surface area (Å²) < 4.78 is 1.80. The number of nitrogens with one attached hydrogen (secondary N) is 1. The van der Waals surface area contributed by atoms with Crippen molar-refractivity contribution in [3.8, 4) is 5.69 Å². The van der Waals surface area contributed by atoms with Crippen LogP contribution in [0.25, 0.3) is 5.69 Å². The Morgan fingerprint density at radius 3 is 2.81 bits per heavy atom. The van der Waals surface area contributed by atoms with E-state index in [9.17, 15) is 9.90 Å². The number of aryl methyl sites for hydroxylation is 1. The maximum Gasteiger partial charge on any atom is 0.253 e. The number of carbonyl (C=O) groups is 1. The van der Waals surface area contributed by atoms with Crippen molar-refractivity contribution in [3.63, 3.8) is 0 Å². The topological polar surface area (TPSA) is 67.2 Å². The second kappa shape index (κ2) is 6.54. The van der Waals surface area contributed by atoms with Crippen LogP contribution in [-0.2, 0) is 0 Å². The van der Waals surface area contributed by atoms with Gasteiger partial charge in [-0.05, 0) is 25.0 Å². The first kappa shape index (κ1) is 15.3. The van der Waals surface area contributed by atoms with Crippen molar-refractivity contribution in [3.05, 3.63) is 48.0 Å². The van der Waals surface area contributed by atoms with Crippen LogP contribution in [0.4, 0.5) is 0 Å². The third kappa shape index (κ3) is 3.70. The van der Waals surface area contributed by atoms with Gasteiger partial charge in [0, 0.05) is 18.9 Å². The maximum atomic E-state index is 12.4. The first-order chi connectivity index (χ1) is 9.99. The molecule has 1 amide bonds. The Labute approximate surface area is 124 Å². The Hall–Kier alpha value is -2.14. The summed E-state index contributed by atoms with van der Waals surface area (Å²) in [5.74, 6) is -0.0852. The molecule has 0 radical (unpaired) electrons. The predicted octanol–water partition coefficient (Wildman–Crippen LogP) is 1.93. The van der Waals surface area contributed by atoms with Crippen molar-refractivity contribution in [2.24, 2.45) is 5.92 Å². The van der Waals surface area contributed by atoms with Gasteiger partial charge in [-0.25, -0.2) is 4.98 Å². The molecule has 0 spiro atoms. The first-order valence-electron chi connectivity index (χ1n) is 7.04. The van der Waals surface area contributed by atoms with Gasteiger partial charge in [-0.2, -0.15) is 0 Å². The zero-order chi connectivity index (χ0) is 15.4. The first-order valence-corrected chi connectivity index (χ1v) is 7.04. The molecule has 1 unspecified atom stereocenters. The highest BCUT2D eigenvalue weighted by Crippen LogP contribution is 2.16. The van der Waals surface area contributed by atoms with E-state index in [0.717, 1.165) is 11.3 Å². The highest BCUT2D eigenvalue weighted by Gasteiger charge is 2.15. The smallest absolute Gasteiger partial charge is 0.253 e. The molecule has 0 saturated heterocycles. The Morgan fingerprint density at radius 2 is 2.19 bits per heavy atom. The van der Waals surface area contributed by atoms with Gasteiger partial charge in [0.05, 0.1) is 23.7 Å². The molecule has 1 aromatic heterocycles. The molecule has 2 rings (SSSR count). The van der Waals surface area contributed by atoms with Crippen molar-refractivity contribution >= 4 is 5.91 Å². The van der Waals surface area contributed by atoms with Crippen LogP contribution in [0, 0.1) is 12.8 Å². The van der Waals surface area contributed by atoms with Crippen LogP contribution < -0.4 is 5.32 Å². The monoisotopic (exact) mass is 287 g/mol. The quantitative estimate of drug-likeness (QED) is 0.883. The van der Waals surface area contributed by atoms with Crippen LogP contribution in [0.15, 0.2) is 36.9 Å². The van der Waals surface area contributed by atoms with Gasteiger partial charge in [-0.15, -0.1) is 0 Å². The van der Waals surface area contributed by atoms with E-state index in [2.05, 4.69) is 10.3 Å². The number of nitrogens with zero attached hydrogens (tertiary/aromatic N) is 2. The molecular weight excluding hydrogens is 266 g/mol. The van der Waals surface area contributed by atoms with Crippen molar-refractivity contribution in [2.75, 3.05) is 6.54 Å². The fourth-order valence-electron chi connectivity index (χ4n) is 1.99. The van der Waals surface area contributed by atoms with Gasteiger partial charge in [0.15, 0.2) is 0 Å². The van der Waals surface area contributed by atoms with Gasteiger partial charge in [-0.1, -0.05) is 25.5 Å². The number of hydrogen-bond acceptors (Lipinski definition) is 3. The lowest BCUT2D eigenvalue weighted by atomic mass is 10.1. The molecule has 0 aliphatic heterocycles. The number of aliphatic hydroxyl groups excluding tert-OH is 1. The number of aromatic nitrogens is 2. The van der Waals surface area contributed by atoms with Crippen LogP contribution in [0.2, 0.25) is 0 Å². The summed E-state index contributed by atoms with van der Waals surface area (Å²) in [4.78, 5) is 16.4. The molecule has 0 bridgehead atoms. The average Bonchev–Trinajstić information content (AvgIpc) is 2.98. The molecular formula is C16H21N3O2. The Balaban J connectivity index is 2.22. The number of aliphatic hydroxyl groups is 1. The molecule has 2 N–H and O–H groups in total.